The Morgan fingerprint density at radius 3 is 2.62 bits per heavy atom. The second-order valence-corrected chi connectivity index (χ2v) is 6.06. The van der Waals surface area contributed by atoms with Gasteiger partial charge in [0.25, 0.3) is 0 Å². The van der Waals surface area contributed by atoms with Crippen molar-refractivity contribution in [3.05, 3.63) is 54.0 Å². The topological polar surface area (TPSA) is 78.2 Å². The Kier molecular flexibility index (Phi) is 4.43. The maximum Gasteiger partial charge on any atom is 0.223 e. The number of thiazole rings is 1. The van der Waals surface area contributed by atoms with Gasteiger partial charge in [-0.1, -0.05) is 11.3 Å². The molecule has 0 bridgehead atoms. The summed E-state index contributed by atoms with van der Waals surface area (Å²) in [6.07, 6.45) is 2.91. The van der Waals surface area contributed by atoms with Gasteiger partial charge in [-0.3, -0.25) is 4.79 Å². The van der Waals surface area contributed by atoms with Crippen molar-refractivity contribution in [2.45, 2.75) is 6.92 Å². The van der Waals surface area contributed by atoms with Gasteiger partial charge in [-0.15, -0.1) is 0 Å². The molecule has 7 heteroatoms. The maximum atomic E-state index is 11.6. The molecule has 3 rings (SSSR count). The minimum absolute atomic E-state index is 0.191. The zero-order chi connectivity index (χ0) is 17.1. The molecule has 122 valence electrons. The van der Waals surface area contributed by atoms with Crippen LogP contribution in [0.4, 0.5) is 5.13 Å². The average Bonchev–Trinajstić information content (AvgIpc) is 2.98. The lowest BCUT2D eigenvalue weighted by Crippen LogP contribution is -2.23. The summed E-state index contributed by atoms with van der Waals surface area (Å²) in [5, 5.41) is 14.8. The van der Waals surface area contributed by atoms with Crippen molar-refractivity contribution in [1.82, 2.24) is 4.98 Å². The van der Waals surface area contributed by atoms with E-state index in [1.54, 1.807) is 13.2 Å². The summed E-state index contributed by atoms with van der Waals surface area (Å²) in [6, 6.07) is 11.0. The molecule has 0 saturated heterocycles. The average molecular weight is 341 g/mol. The molecule has 0 unspecified atom stereocenters. The number of nitrogens with zero attached hydrogens (tertiary/aromatic N) is 2. The minimum atomic E-state index is -0.191. The van der Waals surface area contributed by atoms with Crippen molar-refractivity contribution in [3.8, 4) is 27.4 Å². The molecule has 0 aliphatic rings. The van der Waals surface area contributed by atoms with Crippen molar-refractivity contribution in [3.63, 3.8) is 0 Å². The monoisotopic (exact) mass is 341 g/mol. The third-order valence-corrected chi connectivity index (χ3v) is 4.33. The van der Waals surface area contributed by atoms with E-state index in [1.165, 1.54) is 30.7 Å². The van der Waals surface area contributed by atoms with Crippen LogP contribution in [0.25, 0.3) is 21.7 Å². The largest absolute Gasteiger partial charge is 0.619 e. The van der Waals surface area contributed by atoms with Crippen molar-refractivity contribution in [2.24, 2.45) is 0 Å². The van der Waals surface area contributed by atoms with E-state index in [0.717, 1.165) is 26.5 Å². The third-order valence-electron chi connectivity index (χ3n) is 3.31. The summed E-state index contributed by atoms with van der Waals surface area (Å²) in [7, 11) is 1.61. The Bertz CT molecular complexity index is 875. The summed E-state index contributed by atoms with van der Waals surface area (Å²) in [5.74, 6) is 0.554. The molecule has 2 aromatic heterocycles. The van der Waals surface area contributed by atoms with Gasteiger partial charge in [0.2, 0.25) is 5.91 Å². The van der Waals surface area contributed by atoms with Crippen LogP contribution in [0.1, 0.15) is 6.92 Å². The van der Waals surface area contributed by atoms with Gasteiger partial charge >= 0.3 is 0 Å². The summed E-state index contributed by atoms with van der Waals surface area (Å²) >= 11 is 1.33. The molecular formula is C17H15N3O3S. The molecule has 0 aliphatic carbocycles. The van der Waals surface area contributed by atoms with Crippen LogP contribution in [-0.4, -0.2) is 18.0 Å². The van der Waals surface area contributed by atoms with Gasteiger partial charge in [-0.2, -0.15) is 4.73 Å². The Labute approximate surface area is 143 Å². The van der Waals surface area contributed by atoms with E-state index < -0.39 is 0 Å². The lowest BCUT2D eigenvalue weighted by molar-refractivity contribution is -0.604. The van der Waals surface area contributed by atoms with E-state index >= 15 is 0 Å². The Morgan fingerprint density at radius 2 is 2.00 bits per heavy atom. The molecule has 1 aromatic carbocycles. The number of benzene rings is 1. The van der Waals surface area contributed by atoms with Crippen LogP contribution in [0.15, 0.2) is 48.8 Å². The smallest absolute Gasteiger partial charge is 0.223 e. The van der Waals surface area contributed by atoms with Gasteiger partial charge in [0.1, 0.15) is 5.75 Å². The van der Waals surface area contributed by atoms with Gasteiger partial charge in [-0.05, 0) is 30.3 Å². The van der Waals surface area contributed by atoms with E-state index in [1.807, 2.05) is 30.3 Å². The van der Waals surface area contributed by atoms with Gasteiger partial charge in [0, 0.05) is 18.6 Å². The molecule has 3 aromatic rings. The molecule has 1 amide bonds. The number of aromatic nitrogens is 2. The lowest BCUT2D eigenvalue weighted by Gasteiger charge is -2.04. The number of amides is 1. The van der Waals surface area contributed by atoms with Crippen LogP contribution in [0, 0.1) is 5.21 Å². The van der Waals surface area contributed by atoms with E-state index in [4.69, 9.17) is 4.74 Å². The van der Waals surface area contributed by atoms with Gasteiger partial charge < -0.3 is 15.3 Å². The number of carbonyl (C=O) groups is 1. The molecule has 0 saturated carbocycles. The number of rotatable bonds is 4. The first-order valence-electron chi connectivity index (χ1n) is 7.19. The van der Waals surface area contributed by atoms with Crippen LogP contribution >= 0.6 is 11.3 Å². The number of hydrogen-bond donors (Lipinski definition) is 1. The van der Waals surface area contributed by atoms with Crippen molar-refractivity contribution in [1.29, 1.82) is 0 Å². The minimum Gasteiger partial charge on any atom is -0.619 e. The standard InChI is InChI=1S/C17H15N3O3S/c1-11(21)18-17-19-15(12-5-7-14(23-2)8-6-12)16(24-17)13-4-3-9-20(22)10-13/h3-10H,1-2H3,(H,18,19,21). The highest BCUT2D eigenvalue weighted by atomic mass is 32.1. The van der Waals surface area contributed by atoms with Crippen LogP contribution in [0.2, 0.25) is 0 Å². The predicted octanol–water partition coefficient (Wildman–Crippen LogP) is 3.08. The van der Waals surface area contributed by atoms with Crippen LogP contribution in [0.5, 0.6) is 5.75 Å². The van der Waals surface area contributed by atoms with Crippen molar-refractivity contribution in [2.75, 3.05) is 12.4 Å². The second-order valence-electron chi connectivity index (χ2n) is 5.06. The van der Waals surface area contributed by atoms with E-state index in [2.05, 4.69) is 10.3 Å². The summed E-state index contributed by atoms with van der Waals surface area (Å²) < 4.78 is 5.92. The number of methoxy groups -OCH3 is 1. The number of nitrogens with one attached hydrogen (secondary N) is 1. The molecule has 0 aliphatic heterocycles. The number of carbonyl (C=O) groups excluding carboxylic acids is 1. The molecule has 0 fully saturated rings. The van der Waals surface area contributed by atoms with Gasteiger partial charge in [0.05, 0.1) is 23.2 Å². The third kappa shape index (κ3) is 3.36. The first-order valence-corrected chi connectivity index (χ1v) is 8.00. The highest BCUT2D eigenvalue weighted by Crippen LogP contribution is 2.38. The molecule has 24 heavy (non-hydrogen) atoms. The molecule has 0 atom stereocenters. The molecule has 6 nitrogen and oxygen atoms in total. The van der Waals surface area contributed by atoms with Gasteiger partial charge in [0.15, 0.2) is 17.5 Å². The van der Waals surface area contributed by atoms with E-state index in [-0.39, 0.29) is 5.91 Å². The highest BCUT2D eigenvalue weighted by Gasteiger charge is 2.17. The molecule has 0 spiro atoms. The van der Waals surface area contributed by atoms with E-state index in [0.29, 0.717) is 10.8 Å². The highest BCUT2D eigenvalue weighted by molar-refractivity contribution is 7.19. The summed E-state index contributed by atoms with van der Waals surface area (Å²) in [5.41, 5.74) is 2.32. The molecule has 0 radical (unpaired) electrons. The SMILES string of the molecule is COc1ccc(-c2nc(NC(C)=O)sc2-c2ccc[n+]([O-])c2)cc1. The number of ether oxygens (including phenoxy) is 1. The fourth-order valence-corrected chi connectivity index (χ4v) is 3.28. The zero-order valence-electron chi connectivity index (χ0n) is 13.1. The second kappa shape index (κ2) is 6.67. The Balaban J connectivity index is 2.11. The predicted molar refractivity (Wildman–Crippen MR) is 92.8 cm³/mol. The number of pyridine rings is 1. The van der Waals surface area contributed by atoms with Crippen molar-refractivity contribution < 1.29 is 14.3 Å². The van der Waals surface area contributed by atoms with Crippen molar-refractivity contribution >= 4 is 22.4 Å². The fraction of sp³-hybridized carbons (Fsp3) is 0.118. The zero-order valence-corrected chi connectivity index (χ0v) is 14.0. The summed E-state index contributed by atoms with van der Waals surface area (Å²) in [4.78, 5) is 16.7. The molecular weight excluding hydrogens is 326 g/mol. The molecule has 1 N–H and O–H groups in total. The van der Waals surface area contributed by atoms with Crippen LogP contribution < -0.4 is 14.8 Å². The number of anilines is 1. The first-order chi connectivity index (χ1) is 11.6. The van der Waals surface area contributed by atoms with E-state index in [9.17, 15) is 10.0 Å². The molecule has 2 heterocycles. The Morgan fingerprint density at radius 1 is 1.25 bits per heavy atom. The first kappa shape index (κ1) is 15.9. The number of hydrogen-bond acceptors (Lipinski definition) is 5. The quantitative estimate of drug-likeness (QED) is 0.584. The normalized spacial score (nSPS) is 10.4. The van der Waals surface area contributed by atoms with Crippen LogP contribution in [0.3, 0.4) is 0 Å². The fourth-order valence-electron chi connectivity index (χ4n) is 2.25. The Hall–Kier alpha value is -2.93. The lowest BCUT2D eigenvalue weighted by atomic mass is 10.1. The maximum absolute atomic E-state index is 11.6. The summed E-state index contributed by atoms with van der Waals surface area (Å²) in [6.45, 7) is 1.43. The van der Waals surface area contributed by atoms with Crippen LogP contribution in [-0.2, 0) is 4.79 Å². The van der Waals surface area contributed by atoms with Gasteiger partial charge in [-0.25, -0.2) is 4.98 Å².